The van der Waals surface area contributed by atoms with Gasteiger partial charge in [0.25, 0.3) is 0 Å². The predicted molar refractivity (Wildman–Crippen MR) is 94.9 cm³/mol. The largest absolute Gasteiger partial charge is 0.312 e. The lowest BCUT2D eigenvalue weighted by atomic mass is 10.3. The molecule has 0 aliphatic rings. The lowest BCUT2D eigenvalue weighted by Crippen LogP contribution is -2.32. The number of hydrogen-bond acceptors (Lipinski definition) is 5. The molecule has 118 valence electrons. The van der Waals surface area contributed by atoms with Gasteiger partial charge in [-0.25, -0.2) is 4.98 Å². The van der Waals surface area contributed by atoms with Crippen LogP contribution in [0.2, 0.25) is 0 Å². The average Bonchev–Trinajstić information content (AvgIpc) is 3.26. The maximum Gasteiger partial charge on any atom is 0.237 e. The fraction of sp³-hybridized carbons (Fsp3) is 0.188. The minimum Gasteiger partial charge on any atom is -0.312 e. The number of carbonyl (C=O) groups is 1. The van der Waals surface area contributed by atoms with E-state index >= 15 is 0 Å². The highest BCUT2D eigenvalue weighted by molar-refractivity contribution is 7.99. The number of carbonyl (C=O) groups excluding carboxylic acids is 1. The van der Waals surface area contributed by atoms with E-state index in [2.05, 4.69) is 15.2 Å². The predicted octanol–water partition coefficient (Wildman–Crippen LogP) is 3.68. The van der Waals surface area contributed by atoms with Gasteiger partial charge in [-0.3, -0.25) is 9.89 Å². The summed E-state index contributed by atoms with van der Waals surface area (Å²) in [7, 11) is 0. The van der Waals surface area contributed by atoms with Crippen molar-refractivity contribution in [3.63, 3.8) is 0 Å². The summed E-state index contributed by atoms with van der Waals surface area (Å²) in [4.78, 5) is 19.6. The van der Waals surface area contributed by atoms with E-state index in [1.807, 2.05) is 54.8 Å². The van der Waals surface area contributed by atoms with Crippen LogP contribution in [0.1, 0.15) is 6.92 Å². The summed E-state index contributed by atoms with van der Waals surface area (Å²) in [5, 5.41) is 9.66. The molecule has 1 amide bonds. The van der Waals surface area contributed by atoms with Gasteiger partial charge < -0.3 is 4.90 Å². The third-order valence-electron chi connectivity index (χ3n) is 3.23. The normalized spacial score (nSPS) is 10.7. The number of nitrogens with one attached hydrogen (secondary N) is 1. The molecule has 1 N–H and O–H groups in total. The van der Waals surface area contributed by atoms with Crippen LogP contribution in [0.25, 0.3) is 10.7 Å². The van der Waals surface area contributed by atoms with Crippen molar-refractivity contribution < 1.29 is 4.79 Å². The van der Waals surface area contributed by atoms with E-state index in [0.29, 0.717) is 17.5 Å². The smallest absolute Gasteiger partial charge is 0.237 e. The number of amides is 1. The van der Waals surface area contributed by atoms with Gasteiger partial charge in [-0.2, -0.15) is 0 Å². The number of thioether (sulfide) groups is 1. The van der Waals surface area contributed by atoms with Crippen LogP contribution in [0.15, 0.2) is 53.0 Å². The quantitative estimate of drug-likeness (QED) is 0.693. The van der Waals surface area contributed by atoms with Crippen LogP contribution in [0.5, 0.6) is 0 Å². The molecule has 0 unspecified atom stereocenters. The fourth-order valence-electron chi connectivity index (χ4n) is 2.15. The summed E-state index contributed by atoms with van der Waals surface area (Å²) >= 11 is 2.95. The van der Waals surface area contributed by atoms with Gasteiger partial charge in [0, 0.05) is 12.2 Å². The number of benzene rings is 1. The zero-order chi connectivity index (χ0) is 16.1. The SMILES string of the molecule is CCN(C(=O)CSc1n[nH]c(-c2cccs2)n1)c1ccccc1. The van der Waals surface area contributed by atoms with Crippen LogP contribution in [0.3, 0.4) is 0 Å². The molecule has 0 spiro atoms. The van der Waals surface area contributed by atoms with Gasteiger partial charge in [0.1, 0.15) is 0 Å². The molecule has 0 fully saturated rings. The lowest BCUT2D eigenvalue weighted by molar-refractivity contribution is -0.116. The number of para-hydroxylation sites is 1. The van der Waals surface area contributed by atoms with Crippen LogP contribution in [0.4, 0.5) is 5.69 Å². The molecule has 0 bridgehead atoms. The zero-order valence-corrected chi connectivity index (χ0v) is 14.2. The number of hydrogen-bond donors (Lipinski definition) is 1. The van der Waals surface area contributed by atoms with Crippen molar-refractivity contribution in [1.29, 1.82) is 0 Å². The van der Waals surface area contributed by atoms with Gasteiger partial charge in [-0.1, -0.05) is 36.0 Å². The second-order valence-electron chi connectivity index (χ2n) is 4.71. The molecule has 0 aliphatic carbocycles. The molecule has 3 aromatic rings. The van der Waals surface area contributed by atoms with E-state index in [4.69, 9.17) is 0 Å². The number of thiophene rings is 1. The molecule has 23 heavy (non-hydrogen) atoms. The Morgan fingerprint density at radius 3 is 2.78 bits per heavy atom. The van der Waals surface area contributed by atoms with Crippen LogP contribution >= 0.6 is 23.1 Å². The van der Waals surface area contributed by atoms with Gasteiger partial charge in [0.2, 0.25) is 11.1 Å². The summed E-state index contributed by atoms with van der Waals surface area (Å²) in [6.45, 7) is 2.61. The Morgan fingerprint density at radius 1 is 1.26 bits per heavy atom. The van der Waals surface area contributed by atoms with Crippen LogP contribution in [-0.2, 0) is 4.79 Å². The van der Waals surface area contributed by atoms with Crippen LogP contribution in [0, 0.1) is 0 Å². The minimum atomic E-state index is 0.0474. The number of H-pyrrole nitrogens is 1. The second kappa shape index (κ2) is 7.43. The summed E-state index contributed by atoms with van der Waals surface area (Å²) < 4.78 is 0. The Morgan fingerprint density at radius 2 is 2.09 bits per heavy atom. The number of rotatable bonds is 6. The van der Waals surface area contributed by atoms with E-state index in [1.54, 1.807) is 16.2 Å². The molecule has 2 heterocycles. The summed E-state index contributed by atoms with van der Waals surface area (Å²) in [5.41, 5.74) is 0.912. The van der Waals surface area contributed by atoms with Crippen molar-refractivity contribution in [1.82, 2.24) is 15.2 Å². The average molecular weight is 344 g/mol. The molecule has 5 nitrogen and oxygen atoms in total. The van der Waals surface area contributed by atoms with Crippen molar-refractivity contribution in [3.8, 4) is 10.7 Å². The van der Waals surface area contributed by atoms with Gasteiger partial charge >= 0.3 is 0 Å². The molecule has 0 saturated carbocycles. The molecular weight excluding hydrogens is 328 g/mol. The third-order valence-corrected chi connectivity index (χ3v) is 4.94. The molecule has 0 saturated heterocycles. The second-order valence-corrected chi connectivity index (χ2v) is 6.60. The lowest BCUT2D eigenvalue weighted by Gasteiger charge is -2.20. The van der Waals surface area contributed by atoms with Crippen LogP contribution in [-0.4, -0.2) is 33.4 Å². The van der Waals surface area contributed by atoms with Crippen molar-refractivity contribution >= 4 is 34.7 Å². The monoisotopic (exact) mass is 344 g/mol. The Balaban J connectivity index is 1.62. The van der Waals surface area contributed by atoms with E-state index in [1.165, 1.54) is 11.8 Å². The maximum atomic E-state index is 12.4. The third kappa shape index (κ3) is 3.80. The zero-order valence-electron chi connectivity index (χ0n) is 12.6. The van der Waals surface area contributed by atoms with Gasteiger partial charge in [0.05, 0.1) is 10.6 Å². The highest BCUT2D eigenvalue weighted by Gasteiger charge is 2.15. The summed E-state index contributed by atoms with van der Waals surface area (Å²) in [6, 6.07) is 13.6. The molecular formula is C16H16N4OS2. The van der Waals surface area contributed by atoms with Gasteiger partial charge in [-0.05, 0) is 30.5 Å². The number of aromatic amines is 1. The summed E-state index contributed by atoms with van der Waals surface area (Å²) in [6.07, 6.45) is 0. The van der Waals surface area contributed by atoms with Crippen LogP contribution < -0.4 is 4.90 Å². The maximum absolute atomic E-state index is 12.4. The minimum absolute atomic E-state index is 0.0474. The van der Waals surface area contributed by atoms with Gasteiger partial charge in [0.15, 0.2) is 5.82 Å². The van der Waals surface area contributed by atoms with E-state index in [-0.39, 0.29) is 5.91 Å². The standard InChI is InChI=1S/C16H16N4OS2/c1-2-20(12-7-4-3-5-8-12)14(21)11-23-16-17-15(18-19-16)13-9-6-10-22-13/h3-10H,2,11H2,1H3,(H,17,18,19). The Labute approximate surface area is 142 Å². The number of aromatic nitrogens is 3. The Kier molecular flexibility index (Phi) is 5.09. The molecule has 0 atom stereocenters. The van der Waals surface area contributed by atoms with Crippen molar-refractivity contribution in [2.24, 2.45) is 0 Å². The van der Waals surface area contributed by atoms with Crippen molar-refractivity contribution in [2.75, 3.05) is 17.2 Å². The first-order chi connectivity index (χ1) is 11.3. The Hall–Kier alpha value is -2.12. The molecule has 2 aromatic heterocycles. The number of anilines is 1. The molecule has 0 radical (unpaired) electrons. The molecule has 7 heteroatoms. The molecule has 3 rings (SSSR count). The van der Waals surface area contributed by atoms with Crippen molar-refractivity contribution in [2.45, 2.75) is 12.1 Å². The van der Waals surface area contributed by atoms with E-state index in [9.17, 15) is 4.79 Å². The van der Waals surface area contributed by atoms with Gasteiger partial charge in [-0.15, -0.1) is 16.4 Å². The van der Waals surface area contributed by atoms with E-state index < -0.39 is 0 Å². The summed E-state index contributed by atoms with van der Waals surface area (Å²) in [5.74, 6) is 1.10. The fourth-order valence-corrected chi connectivity index (χ4v) is 3.49. The molecule has 0 aliphatic heterocycles. The first-order valence-electron chi connectivity index (χ1n) is 7.22. The topological polar surface area (TPSA) is 61.9 Å². The van der Waals surface area contributed by atoms with E-state index in [0.717, 1.165) is 16.4 Å². The Bertz CT molecular complexity index is 756. The highest BCUT2D eigenvalue weighted by atomic mass is 32.2. The number of nitrogens with zero attached hydrogens (tertiary/aromatic N) is 3. The first kappa shape index (κ1) is 15.8. The van der Waals surface area contributed by atoms with Crippen molar-refractivity contribution in [3.05, 3.63) is 47.8 Å². The first-order valence-corrected chi connectivity index (χ1v) is 9.09. The molecule has 1 aromatic carbocycles. The highest BCUT2D eigenvalue weighted by Crippen LogP contribution is 2.23.